The summed E-state index contributed by atoms with van der Waals surface area (Å²) in [4.78, 5) is 29.4. The van der Waals surface area contributed by atoms with Crippen LogP contribution in [-0.2, 0) is 4.79 Å². The quantitative estimate of drug-likeness (QED) is 0.280. The fourth-order valence-corrected chi connectivity index (χ4v) is 4.35. The molecule has 30 heavy (non-hydrogen) atoms. The largest absolute Gasteiger partial charge is 0.494 e. The fourth-order valence-electron chi connectivity index (χ4n) is 2.71. The van der Waals surface area contributed by atoms with Crippen molar-refractivity contribution in [2.45, 2.75) is 18.1 Å². The van der Waals surface area contributed by atoms with E-state index in [9.17, 15) is 9.59 Å². The highest BCUT2D eigenvalue weighted by atomic mass is 32.2. The van der Waals surface area contributed by atoms with Crippen LogP contribution in [0.1, 0.15) is 24.2 Å². The van der Waals surface area contributed by atoms with Crippen LogP contribution >= 0.6 is 23.1 Å². The van der Waals surface area contributed by atoms with E-state index in [4.69, 9.17) is 9.47 Å². The number of benzene rings is 2. The maximum absolute atomic E-state index is 12.5. The minimum Gasteiger partial charge on any atom is -0.494 e. The van der Waals surface area contributed by atoms with E-state index in [0.717, 1.165) is 21.2 Å². The van der Waals surface area contributed by atoms with Crippen LogP contribution in [0.5, 0.6) is 11.5 Å². The van der Waals surface area contributed by atoms with Crippen molar-refractivity contribution in [2.75, 3.05) is 24.8 Å². The number of carbonyl (C=O) groups excluding carboxylic acids is 2. The zero-order valence-corrected chi connectivity index (χ0v) is 18.6. The van der Waals surface area contributed by atoms with Gasteiger partial charge in [-0.25, -0.2) is 4.98 Å². The summed E-state index contributed by atoms with van der Waals surface area (Å²) < 4.78 is 11.8. The van der Waals surface area contributed by atoms with E-state index in [0.29, 0.717) is 29.7 Å². The number of Topliss-reactive ketones (excluding diaryl/α,β-unsaturated/α-hetero) is 1. The van der Waals surface area contributed by atoms with Gasteiger partial charge in [0, 0.05) is 11.1 Å². The molecule has 0 aliphatic heterocycles. The molecule has 0 aliphatic carbocycles. The van der Waals surface area contributed by atoms with Crippen LogP contribution in [0.25, 0.3) is 11.3 Å². The molecule has 1 amide bonds. The van der Waals surface area contributed by atoms with Crippen molar-refractivity contribution in [3.63, 3.8) is 0 Å². The van der Waals surface area contributed by atoms with Gasteiger partial charge in [0.15, 0.2) is 5.13 Å². The second kappa shape index (κ2) is 10.3. The predicted octanol–water partition coefficient (Wildman–Crippen LogP) is 5.15. The van der Waals surface area contributed by atoms with Gasteiger partial charge in [0.1, 0.15) is 11.5 Å². The average molecular weight is 443 g/mol. The Morgan fingerprint density at radius 2 is 1.53 bits per heavy atom. The Morgan fingerprint density at radius 3 is 2.07 bits per heavy atom. The minimum atomic E-state index is -0.723. The van der Waals surface area contributed by atoms with Gasteiger partial charge in [-0.15, -0.1) is 11.8 Å². The number of hydrogen-bond donors (Lipinski definition) is 1. The minimum absolute atomic E-state index is 0.296. The van der Waals surface area contributed by atoms with Crippen LogP contribution in [0.4, 0.5) is 5.13 Å². The molecule has 0 radical (unpaired) electrons. The summed E-state index contributed by atoms with van der Waals surface area (Å²) in [6.45, 7) is 4.95. The summed E-state index contributed by atoms with van der Waals surface area (Å²) in [6, 6.07) is 14.1. The molecule has 0 unspecified atom stereocenters. The summed E-state index contributed by atoms with van der Waals surface area (Å²) in [5.74, 6) is 0.0935. The molecule has 8 heteroatoms. The molecule has 3 aromatic rings. The molecule has 6 nitrogen and oxygen atoms in total. The maximum Gasteiger partial charge on any atom is 0.298 e. The molecule has 0 atom stereocenters. The number of nitrogens with zero attached hydrogens (tertiary/aromatic N) is 1. The Hall–Kier alpha value is -2.84. The van der Waals surface area contributed by atoms with Gasteiger partial charge >= 0.3 is 0 Å². The van der Waals surface area contributed by atoms with Gasteiger partial charge in [0.05, 0.1) is 23.1 Å². The summed E-state index contributed by atoms with van der Waals surface area (Å²) in [5, 5.41) is 3.01. The van der Waals surface area contributed by atoms with E-state index in [-0.39, 0.29) is 0 Å². The SMILES string of the molecule is CCOc1ccc(C(=O)C(=O)Nc2nc(-c3ccc(OCC)cc3)c(SC)s2)cc1. The molecule has 0 saturated heterocycles. The highest BCUT2D eigenvalue weighted by Gasteiger charge is 2.20. The third-order valence-corrected chi connectivity index (χ3v) is 6.15. The van der Waals surface area contributed by atoms with E-state index in [2.05, 4.69) is 10.3 Å². The van der Waals surface area contributed by atoms with Crippen molar-refractivity contribution in [3.05, 3.63) is 54.1 Å². The van der Waals surface area contributed by atoms with Gasteiger partial charge in [0.2, 0.25) is 0 Å². The number of ether oxygens (including phenoxy) is 2. The van der Waals surface area contributed by atoms with E-state index in [1.165, 1.54) is 23.1 Å². The van der Waals surface area contributed by atoms with Crippen molar-refractivity contribution in [1.29, 1.82) is 0 Å². The number of hydrogen-bond acceptors (Lipinski definition) is 7. The lowest BCUT2D eigenvalue weighted by Gasteiger charge is -2.05. The second-order valence-corrected chi connectivity index (χ2v) is 8.13. The summed E-state index contributed by atoms with van der Waals surface area (Å²) in [5.41, 5.74) is 1.97. The summed E-state index contributed by atoms with van der Waals surface area (Å²) >= 11 is 2.87. The topological polar surface area (TPSA) is 77.5 Å². The van der Waals surface area contributed by atoms with E-state index >= 15 is 0 Å². The molecule has 156 valence electrons. The van der Waals surface area contributed by atoms with Gasteiger partial charge in [-0.3, -0.25) is 14.9 Å². The summed E-state index contributed by atoms with van der Waals surface area (Å²) in [6.07, 6.45) is 1.95. The number of rotatable bonds is 9. The van der Waals surface area contributed by atoms with E-state index in [1.54, 1.807) is 24.3 Å². The number of thiazole rings is 1. The van der Waals surface area contributed by atoms with E-state index in [1.807, 2.05) is 44.4 Å². The Morgan fingerprint density at radius 1 is 0.967 bits per heavy atom. The lowest BCUT2D eigenvalue weighted by Crippen LogP contribution is -2.22. The van der Waals surface area contributed by atoms with Crippen molar-refractivity contribution in [2.24, 2.45) is 0 Å². The Kier molecular flexibility index (Phi) is 7.48. The van der Waals surface area contributed by atoms with Crippen molar-refractivity contribution in [1.82, 2.24) is 4.98 Å². The number of amides is 1. The van der Waals surface area contributed by atoms with Gasteiger partial charge < -0.3 is 9.47 Å². The summed E-state index contributed by atoms with van der Waals surface area (Å²) in [7, 11) is 0. The molecular formula is C22H22N2O4S2. The van der Waals surface area contributed by atoms with Crippen LogP contribution in [0, 0.1) is 0 Å². The smallest absolute Gasteiger partial charge is 0.298 e. The molecule has 1 heterocycles. The number of nitrogens with one attached hydrogen (secondary N) is 1. The fraction of sp³-hybridized carbons (Fsp3) is 0.227. The molecular weight excluding hydrogens is 420 g/mol. The van der Waals surface area contributed by atoms with Gasteiger partial charge in [-0.1, -0.05) is 11.3 Å². The highest BCUT2D eigenvalue weighted by molar-refractivity contribution is 8.00. The monoisotopic (exact) mass is 442 g/mol. The van der Waals surface area contributed by atoms with Crippen LogP contribution < -0.4 is 14.8 Å². The third kappa shape index (κ3) is 5.20. The molecule has 3 rings (SSSR count). The van der Waals surface area contributed by atoms with Crippen molar-refractivity contribution < 1.29 is 19.1 Å². The highest BCUT2D eigenvalue weighted by Crippen LogP contribution is 2.37. The first-order valence-electron chi connectivity index (χ1n) is 9.42. The van der Waals surface area contributed by atoms with Crippen LogP contribution in [-0.4, -0.2) is 36.1 Å². The number of thioether (sulfide) groups is 1. The van der Waals surface area contributed by atoms with E-state index < -0.39 is 11.7 Å². The molecule has 0 fully saturated rings. The first-order chi connectivity index (χ1) is 14.5. The van der Waals surface area contributed by atoms with Gasteiger partial charge in [-0.05, 0) is 68.6 Å². The number of carbonyl (C=O) groups is 2. The molecule has 0 saturated carbocycles. The second-order valence-electron chi connectivity index (χ2n) is 6.06. The molecule has 2 aromatic carbocycles. The molecule has 0 spiro atoms. The number of ketones is 1. The Balaban J connectivity index is 1.74. The molecule has 1 N–H and O–H groups in total. The lowest BCUT2D eigenvalue weighted by molar-refractivity contribution is -0.112. The van der Waals surface area contributed by atoms with Gasteiger partial charge in [0.25, 0.3) is 11.7 Å². The van der Waals surface area contributed by atoms with Gasteiger partial charge in [-0.2, -0.15) is 0 Å². The third-order valence-electron chi connectivity index (χ3n) is 4.07. The maximum atomic E-state index is 12.5. The molecule has 0 aliphatic rings. The van der Waals surface area contributed by atoms with Crippen LogP contribution in [0.2, 0.25) is 0 Å². The lowest BCUT2D eigenvalue weighted by atomic mass is 10.1. The van der Waals surface area contributed by atoms with Crippen molar-refractivity contribution in [3.8, 4) is 22.8 Å². The Labute approximate surface area is 183 Å². The van der Waals surface area contributed by atoms with Crippen molar-refractivity contribution >= 4 is 39.9 Å². The first-order valence-corrected chi connectivity index (χ1v) is 11.5. The first kappa shape index (κ1) is 21.9. The molecule has 1 aromatic heterocycles. The zero-order chi connectivity index (χ0) is 21.5. The van der Waals surface area contributed by atoms with Crippen LogP contribution in [0.15, 0.2) is 52.7 Å². The predicted molar refractivity (Wildman–Crippen MR) is 121 cm³/mol. The Bertz CT molecular complexity index is 1010. The standard InChI is InChI=1S/C22H22N2O4S2/c1-4-27-16-10-6-14(7-11-16)18-21(29-3)30-22(23-18)24-20(26)19(25)15-8-12-17(13-9-15)28-5-2/h6-13H,4-5H2,1-3H3,(H,23,24,26). The number of aromatic nitrogens is 1. The molecule has 0 bridgehead atoms. The van der Waals surface area contributed by atoms with Crippen LogP contribution in [0.3, 0.4) is 0 Å². The normalized spacial score (nSPS) is 10.5. The zero-order valence-electron chi connectivity index (χ0n) is 16.9. The average Bonchev–Trinajstić information content (AvgIpc) is 3.17. The number of anilines is 1.